The van der Waals surface area contributed by atoms with Crippen molar-refractivity contribution in [3.05, 3.63) is 27.7 Å². The van der Waals surface area contributed by atoms with Crippen molar-refractivity contribution < 1.29 is 4.74 Å². The van der Waals surface area contributed by atoms with Gasteiger partial charge in [0.05, 0.1) is 7.11 Å². The third-order valence-electron chi connectivity index (χ3n) is 4.59. The van der Waals surface area contributed by atoms with Gasteiger partial charge in [-0.15, -0.1) is 0 Å². The Morgan fingerprint density at radius 1 is 1.25 bits per heavy atom. The summed E-state index contributed by atoms with van der Waals surface area (Å²) in [5.41, 5.74) is 8.85. The van der Waals surface area contributed by atoms with Crippen molar-refractivity contribution in [2.75, 3.05) is 13.7 Å². The van der Waals surface area contributed by atoms with Crippen LogP contribution in [0.25, 0.3) is 0 Å². The third-order valence-corrected chi connectivity index (χ3v) is 5.05. The van der Waals surface area contributed by atoms with Crippen LogP contribution in [0.1, 0.15) is 57.6 Å². The van der Waals surface area contributed by atoms with Gasteiger partial charge < -0.3 is 10.5 Å². The van der Waals surface area contributed by atoms with Crippen LogP contribution in [-0.2, 0) is 10.8 Å². The molecule has 0 heterocycles. The number of ether oxygens (including phenoxy) is 1. The second-order valence-corrected chi connectivity index (χ2v) is 7.89. The van der Waals surface area contributed by atoms with E-state index in [9.17, 15) is 0 Å². The van der Waals surface area contributed by atoms with Crippen molar-refractivity contribution in [2.45, 2.75) is 57.3 Å². The molecule has 1 fully saturated rings. The van der Waals surface area contributed by atoms with Gasteiger partial charge in [0.1, 0.15) is 5.75 Å². The average molecular weight is 340 g/mol. The van der Waals surface area contributed by atoms with Gasteiger partial charge in [-0.3, -0.25) is 0 Å². The lowest BCUT2D eigenvalue weighted by Crippen LogP contribution is -2.33. The van der Waals surface area contributed by atoms with Crippen molar-refractivity contribution in [3.8, 4) is 5.75 Å². The fourth-order valence-corrected chi connectivity index (χ4v) is 3.86. The van der Waals surface area contributed by atoms with Gasteiger partial charge in [0.15, 0.2) is 0 Å². The number of halogens is 1. The zero-order valence-corrected chi connectivity index (χ0v) is 14.6. The maximum absolute atomic E-state index is 6.16. The quantitative estimate of drug-likeness (QED) is 0.878. The van der Waals surface area contributed by atoms with Gasteiger partial charge >= 0.3 is 0 Å². The predicted molar refractivity (Wildman–Crippen MR) is 88.6 cm³/mol. The van der Waals surface area contributed by atoms with E-state index in [0.717, 1.165) is 10.2 Å². The molecule has 0 saturated heterocycles. The first kappa shape index (κ1) is 15.8. The molecule has 0 atom stereocenters. The fourth-order valence-electron chi connectivity index (χ4n) is 3.40. The molecule has 1 saturated carbocycles. The SMILES string of the molecule is COc1c(C(C)(C)C)cc(Br)cc1C1(CN)CCCC1. The van der Waals surface area contributed by atoms with Gasteiger partial charge in [0.25, 0.3) is 0 Å². The maximum atomic E-state index is 6.16. The molecule has 0 aromatic heterocycles. The first-order valence-electron chi connectivity index (χ1n) is 7.42. The van der Waals surface area contributed by atoms with E-state index in [0.29, 0.717) is 6.54 Å². The van der Waals surface area contributed by atoms with Gasteiger partial charge in [-0.2, -0.15) is 0 Å². The summed E-state index contributed by atoms with van der Waals surface area (Å²) in [6.45, 7) is 7.38. The van der Waals surface area contributed by atoms with E-state index < -0.39 is 0 Å². The summed E-state index contributed by atoms with van der Waals surface area (Å²) in [6.07, 6.45) is 4.86. The Hall–Kier alpha value is -0.540. The normalized spacial score (nSPS) is 18.3. The van der Waals surface area contributed by atoms with Gasteiger partial charge in [-0.1, -0.05) is 49.5 Å². The molecule has 2 rings (SSSR count). The van der Waals surface area contributed by atoms with Crippen LogP contribution in [0.15, 0.2) is 16.6 Å². The largest absolute Gasteiger partial charge is 0.496 e. The lowest BCUT2D eigenvalue weighted by atomic mass is 9.75. The molecule has 0 amide bonds. The molecule has 2 nitrogen and oxygen atoms in total. The predicted octanol–water partition coefficient (Wildman–Crippen LogP) is 4.53. The van der Waals surface area contributed by atoms with Gasteiger partial charge in [0, 0.05) is 27.6 Å². The van der Waals surface area contributed by atoms with E-state index in [4.69, 9.17) is 10.5 Å². The Morgan fingerprint density at radius 2 is 1.85 bits per heavy atom. The molecule has 0 spiro atoms. The second-order valence-electron chi connectivity index (χ2n) is 6.98. The summed E-state index contributed by atoms with van der Waals surface area (Å²) in [7, 11) is 1.78. The monoisotopic (exact) mass is 339 g/mol. The van der Waals surface area contributed by atoms with Crippen LogP contribution in [0.4, 0.5) is 0 Å². The van der Waals surface area contributed by atoms with E-state index >= 15 is 0 Å². The zero-order valence-electron chi connectivity index (χ0n) is 13.1. The van der Waals surface area contributed by atoms with Crippen LogP contribution in [0, 0.1) is 0 Å². The number of benzene rings is 1. The van der Waals surface area contributed by atoms with E-state index in [-0.39, 0.29) is 10.8 Å². The Kier molecular flexibility index (Phi) is 4.50. The molecule has 0 aliphatic heterocycles. The van der Waals surface area contributed by atoms with E-state index in [1.165, 1.54) is 36.8 Å². The summed E-state index contributed by atoms with van der Waals surface area (Å²) in [5.74, 6) is 1.04. The molecule has 2 N–H and O–H groups in total. The standard InChI is InChI=1S/C17H26BrNO/c1-16(2,3)13-9-12(18)10-14(15(13)20-4)17(11-19)7-5-6-8-17/h9-10H,5-8,11,19H2,1-4H3. The highest BCUT2D eigenvalue weighted by Crippen LogP contribution is 2.48. The summed E-state index contributed by atoms with van der Waals surface area (Å²) in [6, 6.07) is 4.40. The summed E-state index contributed by atoms with van der Waals surface area (Å²) in [5, 5.41) is 0. The number of hydrogen-bond acceptors (Lipinski definition) is 2. The van der Waals surface area contributed by atoms with Crippen molar-refractivity contribution in [3.63, 3.8) is 0 Å². The summed E-state index contributed by atoms with van der Waals surface area (Å²) < 4.78 is 6.94. The molecule has 20 heavy (non-hydrogen) atoms. The molecule has 1 aliphatic carbocycles. The molecule has 0 bridgehead atoms. The van der Waals surface area contributed by atoms with Crippen LogP contribution < -0.4 is 10.5 Å². The molecule has 1 aromatic carbocycles. The maximum Gasteiger partial charge on any atom is 0.126 e. The molecular formula is C17H26BrNO. The van der Waals surface area contributed by atoms with Gasteiger partial charge in [-0.05, 0) is 30.4 Å². The molecule has 1 aromatic rings. The van der Waals surface area contributed by atoms with Crippen molar-refractivity contribution in [1.29, 1.82) is 0 Å². The van der Waals surface area contributed by atoms with Crippen LogP contribution in [0.2, 0.25) is 0 Å². The van der Waals surface area contributed by atoms with E-state index in [2.05, 4.69) is 48.8 Å². The van der Waals surface area contributed by atoms with Crippen molar-refractivity contribution >= 4 is 15.9 Å². The highest BCUT2D eigenvalue weighted by molar-refractivity contribution is 9.10. The Balaban J connectivity index is 2.66. The third kappa shape index (κ3) is 2.75. The van der Waals surface area contributed by atoms with E-state index in [1.54, 1.807) is 7.11 Å². The van der Waals surface area contributed by atoms with Gasteiger partial charge in [0.2, 0.25) is 0 Å². The molecule has 112 valence electrons. The average Bonchev–Trinajstić information content (AvgIpc) is 2.86. The van der Waals surface area contributed by atoms with Crippen LogP contribution >= 0.6 is 15.9 Å². The van der Waals surface area contributed by atoms with Crippen LogP contribution in [0.5, 0.6) is 5.75 Å². The molecule has 0 unspecified atom stereocenters. The first-order valence-corrected chi connectivity index (χ1v) is 8.22. The van der Waals surface area contributed by atoms with Crippen LogP contribution in [-0.4, -0.2) is 13.7 Å². The van der Waals surface area contributed by atoms with Crippen molar-refractivity contribution in [1.82, 2.24) is 0 Å². The Labute approximate surface area is 131 Å². The Morgan fingerprint density at radius 3 is 2.30 bits per heavy atom. The highest BCUT2D eigenvalue weighted by Gasteiger charge is 2.38. The zero-order chi connectivity index (χ0) is 15.0. The smallest absolute Gasteiger partial charge is 0.126 e. The number of nitrogens with two attached hydrogens (primary N) is 1. The lowest BCUT2D eigenvalue weighted by Gasteiger charge is -2.33. The van der Waals surface area contributed by atoms with Crippen molar-refractivity contribution in [2.24, 2.45) is 5.73 Å². The molecule has 0 radical (unpaired) electrons. The van der Waals surface area contributed by atoms with Crippen LogP contribution in [0.3, 0.4) is 0 Å². The topological polar surface area (TPSA) is 35.2 Å². The minimum absolute atomic E-state index is 0.0538. The lowest BCUT2D eigenvalue weighted by molar-refractivity contribution is 0.365. The summed E-state index contributed by atoms with van der Waals surface area (Å²) >= 11 is 3.67. The van der Waals surface area contributed by atoms with E-state index in [1.807, 2.05) is 0 Å². The highest BCUT2D eigenvalue weighted by atomic mass is 79.9. The van der Waals surface area contributed by atoms with Gasteiger partial charge in [-0.25, -0.2) is 0 Å². The minimum atomic E-state index is 0.0538. The molecular weight excluding hydrogens is 314 g/mol. The number of methoxy groups -OCH3 is 1. The number of hydrogen-bond donors (Lipinski definition) is 1. The summed E-state index contributed by atoms with van der Waals surface area (Å²) in [4.78, 5) is 0. The molecule has 3 heteroatoms. The first-order chi connectivity index (χ1) is 9.34. The second kappa shape index (κ2) is 5.69. The molecule has 1 aliphatic rings. The fraction of sp³-hybridized carbons (Fsp3) is 0.647. The Bertz CT molecular complexity index is 484. The minimum Gasteiger partial charge on any atom is -0.496 e. The number of rotatable bonds is 3.